The molecule has 0 aliphatic heterocycles. The maximum Gasteiger partial charge on any atom is 0.248 e. The molecule has 0 saturated heterocycles. The number of allylic oxidation sites excluding steroid dienone is 2. The second kappa shape index (κ2) is 3.56. The van der Waals surface area contributed by atoms with Crippen LogP contribution in [0.3, 0.4) is 0 Å². The summed E-state index contributed by atoms with van der Waals surface area (Å²) in [4.78, 5) is 10.5. The second-order valence-corrected chi connectivity index (χ2v) is 1.98. The molecule has 0 aliphatic rings. The largest absolute Gasteiger partial charge is 0.366 e. The van der Waals surface area contributed by atoms with Crippen molar-refractivity contribution in [2.75, 3.05) is 0 Å². The summed E-state index contributed by atoms with van der Waals surface area (Å²) in [6.45, 7) is 13.8. The molecule has 0 unspecified atom stereocenters. The van der Waals surface area contributed by atoms with Gasteiger partial charge in [-0.3, -0.25) is 4.79 Å². The first-order chi connectivity index (χ1) is 5.00. The molecule has 0 aromatic heterocycles. The molecule has 1 amide bonds. The van der Waals surface area contributed by atoms with Crippen molar-refractivity contribution in [2.24, 2.45) is 5.73 Å². The molecule has 2 N–H and O–H groups in total. The van der Waals surface area contributed by atoms with E-state index in [9.17, 15) is 4.79 Å². The summed E-state index contributed by atoms with van der Waals surface area (Å²) in [5.74, 6) is -0.605. The van der Waals surface area contributed by atoms with Crippen molar-refractivity contribution in [3.05, 3.63) is 49.1 Å². The Morgan fingerprint density at radius 2 is 1.64 bits per heavy atom. The highest BCUT2D eigenvalue weighted by Gasteiger charge is 2.06. The first kappa shape index (κ1) is 9.43. The van der Waals surface area contributed by atoms with Crippen LogP contribution in [0.1, 0.15) is 0 Å². The average Bonchev–Trinajstić information content (AvgIpc) is 2.00. The molecule has 2 nitrogen and oxygen atoms in total. The van der Waals surface area contributed by atoms with Gasteiger partial charge >= 0.3 is 0 Å². The Kier molecular flexibility index (Phi) is 3.05. The predicted octanol–water partition coefficient (Wildman–Crippen LogP) is 1.13. The van der Waals surface area contributed by atoms with Crippen molar-refractivity contribution in [1.82, 2.24) is 0 Å². The van der Waals surface area contributed by atoms with E-state index in [0.717, 1.165) is 0 Å². The zero-order valence-corrected chi connectivity index (χ0v) is 6.31. The monoisotopic (exact) mass is 148 g/mol. The van der Waals surface area contributed by atoms with E-state index < -0.39 is 5.91 Å². The van der Waals surface area contributed by atoms with E-state index in [1.165, 1.54) is 0 Å². The van der Waals surface area contributed by atoms with Crippen LogP contribution in [0.4, 0.5) is 0 Å². The van der Waals surface area contributed by atoms with Gasteiger partial charge in [-0.2, -0.15) is 0 Å². The number of primary amides is 1. The van der Waals surface area contributed by atoms with Crippen molar-refractivity contribution in [1.29, 1.82) is 0 Å². The number of rotatable bonds is 4. The van der Waals surface area contributed by atoms with Crippen LogP contribution < -0.4 is 5.73 Å². The van der Waals surface area contributed by atoms with Gasteiger partial charge in [0.1, 0.15) is 0 Å². The summed E-state index contributed by atoms with van der Waals surface area (Å²) in [6, 6.07) is 0. The van der Waals surface area contributed by atoms with Crippen molar-refractivity contribution in [3.63, 3.8) is 0 Å². The van der Waals surface area contributed by atoms with E-state index in [4.69, 9.17) is 5.73 Å². The van der Waals surface area contributed by atoms with E-state index in [2.05, 4.69) is 32.4 Å². The highest BCUT2D eigenvalue weighted by Crippen LogP contribution is 2.13. The Morgan fingerprint density at radius 1 is 1.18 bits per heavy atom. The maximum atomic E-state index is 10.5. The zero-order valence-electron chi connectivity index (χ0n) is 6.31. The molecule has 0 heterocycles. The molecule has 57 valence electrons. The van der Waals surface area contributed by atoms with E-state index in [1.807, 2.05) is 0 Å². The number of carbonyl (C=O) groups excluding carboxylic acids is 1. The van der Waals surface area contributed by atoms with Gasteiger partial charge in [0.05, 0.1) is 0 Å². The number of hydrogen-bond acceptors (Lipinski definition) is 1. The van der Waals surface area contributed by atoms with Crippen LogP contribution in [0.15, 0.2) is 43.0 Å². The quantitative estimate of drug-likeness (QED) is 0.471. The van der Waals surface area contributed by atoms with Crippen LogP contribution in [-0.4, -0.2) is 5.91 Å². The molecule has 0 aliphatic carbocycles. The summed E-state index contributed by atoms with van der Waals surface area (Å²) in [5.41, 5.74) is 5.91. The fourth-order valence-electron chi connectivity index (χ4n) is 0.438. The smallest absolute Gasteiger partial charge is 0.248 e. The van der Waals surface area contributed by atoms with Gasteiger partial charge < -0.3 is 5.73 Å². The normalized spacial score (nSPS) is 8.36. The topological polar surface area (TPSA) is 43.1 Å². The molecule has 0 bridgehead atoms. The van der Waals surface area contributed by atoms with E-state index in [-0.39, 0.29) is 5.57 Å². The summed E-state index contributed by atoms with van der Waals surface area (Å²) in [6.07, 6.45) is 2.49. The van der Waals surface area contributed by atoms with Crippen LogP contribution >= 0.6 is 0 Å². The lowest BCUT2D eigenvalue weighted by atomic mass is 10.0. The number of nitrogens with two attached hydrogens (primary N) is 1. The van der Waals surface area contributed by atoms with Crippen molar-refractivity contribution < 1.29 is 4.79 Å². The molecule has 0 aromatic carbocycles. The fourth-order valence-corrected chi connectivity index (χ4v) is 0.438. The van der Waals surface area contributed by atoms with E-state index in [0.29, 0.717) is 11.1 Å². The highest BCUT2D eigenvalue weighted by molar-refractivity contribution is 5.97. The minimum Gasteiger partial charge on any atom is -0.366 e. The Labute approximate surface area is 66.4 Å². The van der Waals surface area contributed by atoms with Crippen LogP contribution in [-0.2, 0) is 4.79 Å². The zero-order chi connectivity index (χ0) is 9.02. The molecule has 0 saturated carbocycles. The van der Waals surface area contributed by atoms with Crippen molar-refractivity contribution in [3.8, 4) is 0 Å². The van der Waals surface area contributed by atoms with Gasteiger partial charge in [0.2, 0.25) is 5.91 Å². The summed E-state index contributed by atoms with van der Waals surface area (Å²) >= 11 is 0. The van der Waals surface area contributed by atoms with Gasteiger partial charge in [-0.25, -0.2) is 0 Å². The van der Waals surface area contributed by atoms with Gasteiger partial charge in [-0.05, 0) is 17.2 Å². The summed E-state index contributed by atoms with van der Waals surface area (Å²) < 4.78 is 0. The Balaban J connectivity index is 4.51. The minimum atomic E-state index is -0.605. The van der Waals surface area contributed by atoms with Crippen LogP contribution in [0.5, 0.6) is 0 Å². The van der Waals surface area contributed by atoms with Gasteiger partial charge in [0, 0.05) is 5.57 Å². The summed E-state index contributed by atoms with van der Waals surface area (Å²) in [7, 11) is 0. The molecule has 1 radical (unpaired) electrons. The predicted molar refractivity (Wildman–Crippen MR) is 45.5 cm³/mol. The third kappa shape index (κ3) is 2.26. The number of carbonyl (C=O) groups is 1. The standard InChI is InChI=1S/C9H10NO/c1-5-6(2)7(3)8(4)9(10)11/h1-4H2,(H2,10,11). The summed E-state index contributed by atoms with van der Waals surface area (Å²) in [5, 5.41) is 0. The van der Waals surface area contributed by atoms with Crippen LogP contribution in [0, 0.1) is 6.08 Å². The molecule has 2 heteroatoms. The van der Waals surface area contributed by atoms with Gasteiger partial charge in [0.25, 0.3) is 0 Å². The highest BCUT2D eigenvalue weighted by atomic mass is 16.1. The molecular formula is C9H10NO. The molecule has 0 rings (SSSR count). The number of hydrogen-bond donors (Lipinski definition) is 1. The van der Waals surface area contributed by atoms with Gasteiger partial charge in [0.15, 0.2) is 0 Å². The lowest BCUT2D eigenvalue weighted by molar-refractivity contribution is -0.114. The lowest BCUT2D eigenvalue weighted by Crippen LogP contribution is -2.14. The Hall–Kier alpha value is -1.57. The van der Waals surface area contributed by atoms with Crippen LogP contribution in [0.25, 0.3) is 0 Å². The molecule has 0 fully saturated rings. The van der Waals surface area contributed by atoms with Gasteiger partial charge in [-0.1, -0.05) is 26.3 Å². The first-order valence-electron chi connectivity index (χ1n) is 2.91. The fraction of sp³-hybridized carbons (Fsp3) is 0. The third-order valence-electron chi connectivity index (χ3n) is 1.24. The molecular weight excluding hydrogens is 138 g/mol. The van der Waals surface area contributed by atoms with Gasteiger partial charge in [-0.15, -0.1) is 0 Å². The van der Waals surface area contributed by atoms with Crippen molar-refractivity contribution in [2.45, 2.75) is 0 Å². The molecule has 0 spiro atoms. The maximum absolute atomic E-state index is 10.5. The van der Waals surface area contributed by atoms with E-state index in [1.54, 1.807) is 0 Å². The third-order valence-corrected chi connectivity index (χ3v) is 1.24. The molecule has 0 aromatic rings. The van der Waals surface area contributed by atoms with Crippen LogP contribution in [0.2, 0.25) is 0 Å². The van der Waals surface area contributed by atoms with E-state index >= 15 is 0 Å². The molecule has 11 heavy (non-hydrogen) atoms. The second-order valence-electron chi connectivity index (χ2n) is 1.98. The minimum absolute atomic E-state index is 0.145. The Morgan fingerprint density at radius 3 is 1.91 bits per heavy atom. The first-order valence-corrected chi connectivity index (χ1v) is 2.91. The lowest BCUT2D eigenvalue weighted by Gasteiger charge is -2.03. The number of amides is 1. The molecule has 0 atom stereocenters. The van der Waals surface area contributed by atoms with Crippen molar-refractivity contribution >= 4 is 5.91 Å². The Bertz CT molecular complexity index is 248. The average molecular weight is 148 g/mol. The SMILES string of the molecule is C=[C]C(=C)C(=C)C(=C)C(N)=O.